The molecular weight excluding hydrogens is 250 g/mol. The maximum Gasteiger partial charge on any atom is 0.144 e. The average Bonchev–Trinajstić information content (AvgIpc) is 2.77. The Labute approximate surface area is 117 Å². The van der Waals surface area contributed by atoms with Crippen LogP contribution >= 0.6 is 0 Å². The molecule has 5 nitrogen and oxygen atoms in total. The lowest BCUT2D eigenvalue weighted by Crippen LogP contribution is -2.15. The first-order valence-electron chi connectivity index (χ1n) is 6.55. The van der Waals surface area contributed by atoms with Gasteiger partial charge in [0.15, 0.2) is 0 Å². The molecule has 2 heterocycles. The van der Waals surface area contributed by atoms with Crippen molar-refractivity contribution in [2.24, 2.45) is 7.05 Å². The van der Waals surface area contributed by atoms with Gasteiger partial charge in [0, 0.05) is 36.9 Å². The van der Waals surface area contributed by atoms with Crippen molar-refractivity contribution in [1.29, 1.82) is 0 Å². The van der Waals surface area contributed by atoms with Crippen LogP contribution in [0.1, 0.15) is 11.4 Å². The Morgan fingerprint density at radius 3 is 2.90 bits per heavy atom. The minimum atomic E-state index is 0.502. The first kappa shape index (κ1) is 12.6. The van der Waals surface area contributed by atoms with Gasteiger partial charge in [0.2, 0.25) is 0 Å². The monoisotopic (exact) mass is 267 g/mol. The highest BCUT2D eigenvalue weighted by atomic mass is 15.0. The second-order valence-corrected chi connectivity index (χ2v) is 4.78. The van der Waals surface area contributed by atoms with Gasteiger partial charge in [-0.3, -0.25) is 0 Å². The summed E-state index contributed by atoms with van der Waals surface area (Å²) in [7, 11) is 2.06. The normalized spacial score (nSPS) is 11.1. The molecule has 0 atom stereocenters. The minimum Gasteiger partial charge on any atom is -0.384 e. The van der Waals surface area contributed by atoms with E-state index in [1.54, 1.807) is 12.3 Å². The fraction of sp³-hybridized carbons (Fsp3) is 0.200. The van der Waals surface area contributed by atoms with Gasteiger partial charge >= 0.3 is 0 Å². The van der Waals surface area contributed by atoms with Crippen LogP contribution in [0.3, 0.4) is 0 Å². The fourth-order valence-corrected chi connectivity index (χ4v) is 2.38. The molecule has 20 heavy (non-hydrogen) atoms. The number of benzene rings is 1. The van der Waals surface area contributed by atoms with Gasteiger partial charge in [-0.1, -0.05) is 18.2 Å². The van der Waals surface area contributed by atoms with E-state index in [0.29, 0.717) is 18.2 Å². The lowest BCUT2D eigenvalue weighted by atomic mass is 10.2. The molecule has 0 aliphatic carbocycles. The summed E-state index contributed by atoms with van der Waals surface area (Å²) < 4.78 is 2.14. The number of rotatable bonds is 4. The molecule has 0 saturated carbocycles. The third-order valence-electron chi connectivity index (χ3n) is 3.31. The number of hydrogen-bond acceptors (Lipinski definition) is 4. The third-order valence-corrected chi connectivity index (χ3v) is 3.31. The summed E-state index contributed by atoms with van der Waals surface area (Å²) in [5, 5.41) is 4.63. The highest BCUT2D eigenvalue weighted by Gasteiger charge is 2.05. The molecule has 0 amide bonds. The quantitative estimate of drug-likeness (QED) is 0.757. The summed E-state index contributed by atoms with van der Waals surface area (Å²) >= 11 is 0. The van der Waals surface area contributed by atoms with Gasteiger partial charge in [-0.15, -0.1) is 0 Å². The zero-order valence-electron chi connectivity index (χ0n) is 11.4. The number of para-hydroxylation sites is 1. The van der Waals surface area contributed by atoms with E-state index in [4.69, 9.17) is 5.73 Å². The van der Waals surface area contributed by atoms with Crippen molar-refractivity contribution in [2.45, 2.75) is 13.1 Å². The maximum absolute atomic E-state index is 5.64. The van der Waals surface area contributed by atoms with Crippen LogP contribution in [-0.2, 0) is 20.1 Å². The van der Waals surface area contributed by atoms with E-state index in [-0.39, 0.29) is 0 Å². The minimum absolute atomic E-state index is 0.502. The second-order valence-electron chi connectivity index (χ2n) is 4.78. The molecule has 2 aromatic heterocycles. The first-order chi connectivity index (χ1) is 9.74. The molecule has 3 rings (SSSR count). The van der Waals surface area contributed by atoms with Gasteiger partial charge in [-0.25, -0.2) is 9.97 Å². The first-order valence-corrected chi connectivity index (χ1v) is 6.55. The highest BCUT2D eigenvalue weighted by Crippen LogP contribution is 2.19. The van der Waals surface area contributed by atoms with Crippen molar-refractivity contribution in [3.63, 3.8) is 0 Å². The smallest absolute Gasteiger partial charge is 0.144 e. The molecule has 3 aromatic rings. The van der Waals surface area contributed by atoms with Gasteiger partial charge in [-0.05, 0) is 17.7 Å². The predicted molar refractivity (Wildman–Crippen MR) is 79.9 cm³/mol. The van der Waals surface area contributed by atoms with Gasteiger partial charge in [0.1, 0.15) is 11.6 Å². The zero-order valence-corrected chi connectivity index (χ0v) is 11.4. The molecule has 102 valence electrons. The standard InChI is InChI=1S/C15H17N5/c1-20-10-11(12-4-2-3-5-13(12)20)8-17-9-15-18-7-6-14(16)19-15/h2-7,10,17H,8-9H2,1H3,(H2,16,18,19). The Hall–Kier alpha value is -2.40. The van der Waals surface area contributed by atoms with E-state index < -0.39 is 0 Å². The van der Waals surface area contributed by atoms with Crippen molar-refractivity contribution < 1.29 is 0 Å². The van der Waals surface area contributed by atoms with Crippen molar-refractivity contribution in [1.82, 2.24) is 19.9 Å². The molecule has 5 heteroatoms. The van der Waals surface area contributed by atoms with Crippen LogP contribution in [0.4, 0.5) is 5.82 Å². The van der Waals surface area contributed by atoms with E-state index in [1.165, 1.54) is 16.5 Å². The Balaban J connectivity index is 1.71. The van der Waals surface area contributed by atoms with Crippen LogP contribution in [-0.4, -0.2) is 14.5 Å². The Kier molecular flexibility index (Phi) is 3.35. The summed E-state index contributed by atoms with van der Waals surface area (Å²) in [6.45, 7) is 1.38. The Morgan fingerprint density at radius 2 is 2.05 bits per heavy atom. The van der Waals surface area contributed by atoms with Crippen LogP contribution in [0.25, 0.3) is 10.9 Å². The van der Waals surface area contributed by atoms with Crippen LogP contribution in [0.2, 0.25) is 0 Å². The molecule has 0 bridgehead atoms. The number of aromatic nitrogens is 3. The van der Waals surface area contributed by atoms with E-state index in [2.05, 4.69) is 57.4 Å². The van der Waals surface area contributed by atoms with Crippen molar-refractivity contribution in [3.8, 4) is 0 Å². The second kappa shape index (κ2) is 5.30. The van der Waals surface area contributed by atoms with Crippen molar-refractivity contribution >= 4 is 16.7 Å². The number of hydrogen-bond donors (Lipinski definition) is 2. The number of aryl methyl sites for hydroxylation is 1. The number of anilines is 1. The summed E-state index contributed by atoms with van der Waals surface area (Å²) in [4.78, 5) is 8.35. The van der Waals surface area contributed by atoms with Crippen molar-refractivity contribution in [2.75, 3.05) is 5.73 Å². The predicted octanol–water partition coefficient (Wildman–Crippen LogP) is 1.84. The summed E-state index contributed by atoms with van der Waals surface area (Å²) in [6, 6.07) is 10.1. The van der Waals surface area contributed by atoms with E-state index in [1.807, 2.05) is 0 Å². The van der Waals surface area contributed by atoms with E-state index in [9.17, 15) is 0 Å². The van der Waals surface area contributed by atoms with Crippen molar-refractivity contribution in [3.05, 3.63) is 54.1 Å². The molecule has 3 N–H and O–H groups in total. The number of nitrogens with zero attached hydrogens (tertiary/aromatic N) is 3. The summed E-state index contributed by atoms with van der Waals surface area (Å²) in [5.41, 5.74) is 8.15. The highest BCUT2D eigenvalue weighted by molar-refractivity contribution is 5.83. The largest absolute Gasteiger partial charge is 0.384 e. The fourth-order valence-electron chi connectivity index (χ4n) is 2.38. The molecule has 0 radical (unpaired) electrons. The van der Waals surface area contributed by atoms with Crippen LogP contribution in [0, 0.1) is 0 Å². The molecule has 0 aliphatic heterocycles. The van der Waals surface area contributed by atoms with Gasteiger partial charge in [-0.2, -0.15) is 0 Å². The van der Waals surface area contributed by atoms with Crippen LogP contribution < -0.4 is 11.1 Å². The summed E-state index contributed by atoms with van der Waals surface area (Å²) in [6.07, 6.45) is 3.83. The van der Waals surface area contributed by atoms with Gasteiger partial charge in [0.05, 0.1) is 6.54 Å². The molecule has 0 saturated heterocycles. The maximum atomic E-state index is 5.64. The number of nitrogens with two attached hydrogens (primary N) is 1. The Morgan fingerprint density at radius 1 is 1.20 bits per heavy atom. The Bertz CT molecular complexity index is 732. The van der Waals surface area contributed by atoms with E-state index in [0.717, 1.165) is 6.54 Å². The zero-order chi connectivity index (χ0) is 13.9. The molecule has 0 fully saturated rings. The lowest BCUT2D eigenvalue weighted by molar-refractivity contribution is 0.664. The number of fused-ring (bicyclic) bond motifs is 1. The number of nitrogen functional groups attached to an aromatic ring is 1. The molecule has 0 unspecified atom stereocenters. The average molecular weight is 267 g/mol. The third kappa shape index (κ3) is 2.48. The SMILES string of the molecule is Cn1cc(CNCc2nccc(N)n2)c2ccccc21. The van der Waals surface area contributed by atoms with Crippen LogP contribution in [0.5, 0.6) is 0 Å². The molecule has 0 spiro atoms. The van der Waals surface area contributed by atoms with E-state index >= 15 is 0 Å². The molecule has 1 aromatic carbocycles. The molecule has 0 aliphatic rings. The topological polar surface area (TPSA) is 68.8 Å². The van der Waals surface area contributed by atoms with Gasteiger partial charge in [0.25, 0.3) is 0 Å². The van der Waals surface area contributed by atoms with Gasteiger partial charge < -0.3 is 15.6 Å². The van der Waals surface area contributed by atoms with Crippen LogP contribution in [0.15, 0.2) is 42.7 Å². The summed E-state index contributed by atoms with van der Waals surface area (Å²) in [5.74, 6) is 1.21. The number of nitrogens with one attached hydrogen (secondary N) is 1. The molecular formula is C15H17N5. The lowest BCUT2D eigenvalue weighted by Gasteiger charge is -2.03.